The van der Waals surface area contributed by atoms with Crippen LogP contribution in [-0.4, -0.2) is 0 Å². The van der Waals surface area contributed by atoms with E-state index < -0.39 is 0 Å². The Bertz CT molecular complexity index is 385. The monoisotopic (exact) mass is 309 g/mol. The molecule has 2 aromatic heterocycles. The molecule has 0 saturated heterocycles. The first-order chi connectivity index (χ1) is 6.27. The van der Waals surface area contributed by atoms with Gasteiger partial charge in [0, 0.05) is 4.88 Å². The van der Waals surface area contributed by atoms with Crippen molar-refractivity contribution in [3.63, 3.8) is 0 Å². The molecule has 2 heterocycles. The maximum atomic E-state index is 6.07. The molecule has 76 valence electrons. The van der Waals surface area contributed by atoms with Gasteiger partial charge >= 0.3 is 0 Å². The van der Waals surface area contributed by atoms with Crippen molar-refractivity contribution in [1.82, 2.24) is 0 Å². The van der Waals surface area contributed by atoms with Crippen LogP contribution < -0.4 is 5.73 Å². The first-order valence-electron chi connectivity index (χ1n) is 3.80. The Kier molecular flexibility index (Phi) is 4.60. The van der Waals surface area contributed by atoms with E-state index in [-0.39, 0.29) is 18.4 Å². The lowest BCUT2D eigenvalue weighted by Gasteiger charge is -2.05. The molecule has 1 atom stereocenters. The highest BCUT2D eigenvalue weighted by Gasteiger charge is 2.10. The van der Waals surface area contributed by atoms with Crippen LogP contribution in [0.4, 0.5) is 0 Å². The van der Waals surface area contributed by atoms with Crippen LogP contribution in [0.5, 0.6) is 0 Å². The fourth-order valence-corrected chi connectivity index (χ4v) is 3.26. The third-order valence-corrected chi connectivity index (χ3v) is 4.21. The summed E-state index contributed by atoms with van der Waals surface area (Å²) in [6, 6.07) is 6.20. The topological polar surface area (TPSA) is 26.0 Å². The molecule has 0 radical (unpaired) electrons. The molecule has 2 rings (SSSR count). The first-order valence-corrected chi connectivity index (χ1v) is 6.35. The van der Waals surface area contributed by atoms with Crippen molar-refractivity contribution in [3.05, 3.63) is 43.2 Å². The predicted molar refractivity (Wildman–Crippen MR) is 69.6 cm³/mol. The van der Waals surface area contributed by atoms with E-state index in [1.807, 2.05) is 6.07 Å². The van der Waals surface area contributed by atoms with Gasteiger partial charge < -0.3 is 5.73 Å². The zero-order valence-electron chi connectivity index (χ0n) is 7.14. The van der Waals surface area contributed by atoms with Crippen LogP contribution in [-0.2, 0) is 0 Å². The van der Waals surface area contributed by atoms with Gasteiger partial charge in [-0.25, -0.2) is 0 Å². The van der Waals surface area contributed by atoms with E-state index in [9.17, 15) is 0 Å². The molecule has 0 aliphatic heterocycles. The minimum absolute atomic E-state index is 0. The second kappa shape index (κ2) is 5.28. The SMILES string of the molecule is Cl.N[C@H](c1ccsc1)c1ccc(Br)s1. The summed E-state index contributed by atoms with van der Waals surface area (Å²) in [5.74, 6) is 0. The minimum Gasteiger partial charge on any atom is -0.320 e. The van der Waals surface area contributed by atoms with Crippen LogP contribution in [0.25, 0.3) is 0 Å². The molecule has 0 unspecified atom stereocenters. The van der Waals surface area contributed by atoms with Crippen LogP contribution in [0.15, 0.2) is 32.7 Å². The summed E-state index contributed by atoms with van der Waals surface area (Å²) < 4.78 is 1.13. The van der Waals surface area contributed by atoms with Crippen LogP contribution in [0.1, 0.15) is 16.5 Å². The minimum atomic E-state index is 0. The Hall–Kier alpha value is 0.130. The summed E-state index contributed by atoms with van der Waals surface area (Å²) in [5, 5.41) is 4.15. The zero-order chi connectivity index (χ0) is 9.26. The summed E-state index contributed by atoms with van der Waals surface area (Å²) in [4.78, 5) is 1.20. The second-order valence-electron chi connectivity index (χ2n) is 2.68. The first kappa shape index (κ1) is 12.2. The molecule has 0 amide bonds. The third-order valence-electron chi connectivity index (χ3n) is 1.80. The standard InChI is InChI=1S/C9H8BrNS2.ClH/c10-8-2-1-7(13-8)9(11)6-3-4-12-5-6;/h1-5,9H,11H2;1H/t9-;/m1./s1. The van der Waals surface area contributed by atoms with Crippen molar-refractivity contribution in [1.29, 1.82) is 0 Å². The fraction of sp³-hybridized carbons (Fsp3) is 0.111. The molecule has 14 heavy (non-hydrogen) atoms. The van der Waals surface area contributed by atoms with Crippen LogP contribution in [0, 0.1) is 0 Å². The summed E-state index contributed by atoms with van der Waals surface area (Å²) in [7, 11) is 0. The Morgan fingerprint density at radius 1 is 1.29 bits per heavy atom. The average molecular weight is 311 g/mol. The number of rotatable bonds is 2. The van der Waals surface area contributed by atoms with Gasteiger partial charge in [-0.3, -0.25) is 0 Å². The maximum Gasteiger partial charge on any atom is 0.0702 e. The van der Waals surface area contributed by atoms with Crippen LogP contribution >= 0.6 is 51.0 Å². The summed E-state index contributed by atoms with van der Waals surface area (Å²) in [5.41, 5.74) is 7.26. The molecule has 2 N–H and O–H groups in total. The highest BCUT2D eigenvalue weighted by molar-refractivity contribution is 9.11. The highest BCUT2D eigenvalue weighted by atomic mass is 79.9. The molecular weight excluding hydrogens is 302 g/mol. The van der Waals surface area contributed by atoms with Gasteiger partial charge in [-0.1, -0.05) is 0 Å². The van der Waals surface area contributed by atoms with Gasteiger partial charge in [0.2, 0.25) is 0 Å². The fourth-order valence-electron chi connectivity index (χ4n) is 1.11. The molecule has 1 nitrogen and oxygen atoms in total. The van der Waals surface area contributed by atoms with Gasteiger partial charge in [0.05, 0.1) is 9.83 Å². The predicted octanol–water partition coefficient (Wildman–Crippen LogP) is 4.04. The molecule has 0 saturated carbocycles. The number of nitrogens with two attached hydrogens (primary N) is 1. The summed E-state index contributed by atoms with van der Waals surface area (Å²) in [6.45, 7) is 0. The van der Waals surface area contributed by atoms with E-state index in [4.69, 9.17) is 5.73 Å². The van der Waals surface area contributed by atoms with Crippen molar-refractivity contribution >= 4 is 51.0 Å². The molecular formula is C9H9BrClNS2. The van der Waals surface area contributed by atoms with E-state index in [0.717, 1.165) is 3.79 Å². The second-order valence-corrected chi connectivity index (χ2v) is 5.95. The van der Waals surface area contributed by atoms with E-state index in [1.165, 1.54) is 10.4 Å². The molecule has 0 aliphatic rings. The maximum absolute atomic E-state index is 6.07. The lowest BCUT2D eigenvalue weighted by Crippen LogP contribution is -2.08. The lowest BCUT2D eigenvalue weighted by molar-refractivity contribution is 0.899. The molecule has 5 heteroatoms. The Morgan fingerprint density at radius 2 is 2.07 bits per heavy atom. The number of hydrogen-bond acceptors (Lipinski definition) is 3. The van der Waals surface area contributed by atoms with Gasteiger partial charge in [0.25, 0.3) is 0 Å². The quantitative estimate of drug-likeness (QED) is 0.890. The van der Waals surface area contributed by atoms with Crippen LogP contribution in [0.3, 0.4) is 0 Å². The number of halogens is 2. The average Bonchev–Trinajstić information content (AvgIpc) is 2.72. The van der Waals surface area contributed by atoms with Gasteiger partial charge in [-0.2, -0.15) is 11.3 Å². The third kappa shape index (κ3) is 2.58. The molecule has 0 aromatic carbocycles. The molecule has 0 aliphatic carbocycles. The summed E-state index contributed by atoms with van der Waals surface area (Å²) >= 11 is 6.80. The molecule has 2 aromatic rings. The van der Waals surface area contributed by atoms with Crippen molar-refractivity contribution in [3.8, 4) is 0 Å². The molecule has 0 fully saturated rings. The largest absolute Gasteiger partial charge is 0.320 e. The Labute approximate surface area is 105 Å². The van der Waals surface area contributed by atoms with Gasteiger partial charge in [0.1, 0.15) is 0 Å². The van der Waals surface area contributed by atoms with Gasteiger partial charge in [0.15, 0.2) is 0 Å². The van der Waals surface area contributed by atoms with Crippen LogP contribution in [0.2, 0.25) is 0 Å². The number of hydrogen-bond donors (Lipinski definition) is 1. The van der Waals surface area contributed by atoms with Crippen molar-refractivity contribution < 1.29 is 0 Å². The summed E-state index contributed by atoms with van der Waals surface area (Å²) in [6.07, 6.45) is 0. The Morgan fingerprint density at radius 3 is 2.57 bits per heavy atom. The van der Waals surface area contributed by atoms with Gasteiger partial charge in [-0.05, 0) is 50.5 Å². The zero-order valence-corrected chi connectivity index (χ0v) is 11.2. The van der Waals surface area contributed by atoms with E-state index in [0.29, 0.717) is 0 Å². The normalized spacial score (nSPS) is 12.1. The molecule has 0 spiro atoms. The van der Waals surface area contributed by atoms with Gasteiger partial charge in [-0.15, -0.1) is 23.7 Å². The number of thiophene rings is 2. The van der Waals surface area contributed by atoms with Crippen molar-refractivity contribution in [2.45, 2.75) is 6.04 Å². The van der Waals surface area contributed by atoms with E-state index >= 15 is 0 Å². The van der Waals surface area contributed by atoms with Crippen molar-refractivity contribution in [2.24, 2.45) is 5.73 Å². The Balaban J connectivity index is 0.000000980. The molecule has 0 bridgehead atoms. The highest BCUT2D eigenvalue weighted by Crippen LogP contribution is 2.30. The van der Waals surface area contributed by atoms with Crippen molar-refractivity contribution in [2.75, 3.05) is 0 Å². The van der Waals surface area contributed by atoms with E-state index in [2.05, 4.69) is 38.8 Å². The smallest absolute Gasteiger partial charge is 0.0702 e. The lowest BCUT2D eigenvalue weighted by atomic mass is 10.1. The van der Waals surface area contributed by atoms with E-state index in [1.54, 1.807) is 22.7 Å².